The summed E-state index contributed by atoms with van der Waals surface area (Å²) in [5, 5.41) is 9.87. The van der Waals surface area contributed by atoms with Gasteiger partial charge in [0.15, 0.2) is 8.32 Å². The highest BCUT2D eigenvalue weighted by atomic mass is 28.4. The summed E-state index contributed by atoms with van der Waals surface area (Å²) in [5.41, 5.74) is -0.470. The molecule has 1 aliphatic heterocycles. The molecule has 0 spiro atoms. The standard InChI is InChI=1S/C16H34BNO4Si/c1-15(2,3)23(6,7)22-13-10-16(14(19)21-5)8-11-18(12-9-16)17(4)20/h20H,8-13H2,1-7H3. The molecule has 1 heterocycles. The summed E-state index contributed by atoms with van der Waals surface area (Å²) in [7, 11) is -0.807. The van der Waals surface area contributed by atoms with E-state index in [1.807, 2.05) is 4.81 Å². The number of carbonyl (C=O) groups excluding carboxylic acids is 1. The van der Waals surface area contributed by atoms with Crippen LogP contribution in [0.1, 0.15) is 40.0 Å². The summed E-state index contributed by atoms with van der Waals surface area (Å²) < 4.78 is 11.3. The van der Waals surface area contributed by atoms with Gasteiger partial charge >= 0.3 is 13.0 Å². The molecule has 23 heavy (non-hydrogen) atoms. The van der Waals surface area contributed by atoms with Crippen molar-refractivity contribution in [3.63, 3.8) is 0 Å². The summed E-state index contributed by atoms with van der Waals surface area (Å²) in [6.45, 7) is 14.9. The third-order valence-corrected chi connectivity index (χ3v) is 10.3. The Balaban J connectivity index is 2.69. The molecule has 0 aliphatic carbocycles. The van der Waals surface area contributed by atoms with E-state index in [1.54, 1.807) is 6.82 Å². The van der Waals surface area contributed by atoms with Gasteiger partial charge in [0, 0.05) is 6.61 Å². The second-order valence-electron chi connectivity index (χ2n) is 8.30. The number of piperidine rings is 1. The van der Waals surface area contributed by atoms with Crippen LogP contribution in [0, 0.1) is 5.41 Å². The number of carbonyl (C=O) groups is 1. The van der Waals surface area contributed by atoms with Gasteiger partial charge in [-0.3, -0.25) is 4.79 Å². The van der Waals surface area contributed by atoms with E-state index in [1.165, 1.54) is 7.11 Å². The predicted octanol–water partition coefficient (Wildman–Crippen LogP) is 2.76. The van der Waals surface area contributed by atoms with E-state index in [0.29, 0.717) is 39.0 Å². The molecule has 0 amide bonds. The molecule has 0 aromatic rings. The van der Waals surface area contributed by atoms with Crippen molar-refractivity contribution in [2.45, 2.75) is 65.0 Å². The third kappa shape index (κ3) is 5.05. The largest absolute Gasteiger partial charge is 0.469 e. The van der Waals surface area contributed by atoms with Crippen molar-refractivity contribution in [1.82, 2.24) is 4.81 Å². The fourth-order valence-electron chi connectivity index (χ4n) is 2.82. The van der Waals surface area contributed by atoms with Gasteiger partial charge in [-0.25, -0.2) is 0 Å². The SMILES string of the molecule is COC(=O)C1(CCO[Si](C)(C)C(C)(C)C)CCN(B(C)O)CC1. The molecule has 1 rings (SSSR count). The maximum Gasteiger partial charge on any atom is 0.376 e. The van der Waals surface area contributed by atoms with E-state index in [4.69, 9.17) is 9.16 Å². The highest BCUT2D eigenvalue weighted by molar-refractivity contribution is 6.74. The van der Waals surface area contributed by atoms with Crippen molar-refractivity contribution in [3.05, 3.63) is 0 Å². The van der Waals surface area contributed by atoms with Gasteiger partial charge < -0.3 is 19.0 Å². The van der Waals surface area contributed by atoms with Crippen LogP contribution in [0.25, 0.3) is 0 Å². The van der Waals surface area contributed by atoms with Crippen molar-refractivity contribution >= 4 is 21.3 Å². The normalized spacial score (nSPS) is 19.5. The average molecular weight is 343 g/mol. The van der Waals surface area contributed by atoms with E-state index in [0.717, 1.165) is 0 Å². The molecule has 0 aromatic carbocycles. The van der Waals surface area contributed by atoms with E-state index < -0.39 is 20.8 Å². The number of esters is 1. The Bertz CT molecular complexity index is 401. The fourth-order valence-corrected chi connectivity index (χ4v) is 3.86. The van der Waals surface area contributed by atoms with Gasteiger partial charge in [0.2, 0.25) is 0 Å². The zero-order valence-electron chi connectivity index (χ0n) is 15.9. The fraction of sp³-hybridized carbons (Fsp3) is 0.938. The first-order valence-electron chi connectivity index (χ1n) is 8.60. The zero-order valence-corrected chi connectivity index (χ0v) is 16.9. The minimum atomic E-state index is -1.80. The van der Waals surface area contributed by atoms with Crippen molar-refractivity contribution in [2.75, 3.05) is 26.8 Å². The number of rotatable bonds is 6. The van der Waals surface area contributed by atoms with Crippen LogP contribution in [-0.4, -0.2) is 58.0 Å². The van der Waals surface area contributed by atoms with Gasteiger partial charge in [0.25, 0.3) is 0 Å². The first kappa shape index (κ1) is 20.7. The lowest BCUT2D eigenvalue weighted by Gasteiger charge is -2.41. The molecule has 1 aliphatic rings. The lowest BCUT2D eigenvalue weighted by Crippen LogP contribution is -2.50. The molecule has 5 nitrogen and oxygen atoms in total. The first-order chi connectivity index (χ1) is 10.5. The van der Waals surface area contributed by atoms with Gasteiger partial charge in [-0.15, -0.1) is 0 Å². The first-order valence-corrected chi connectivity index (χ1v) is 11.5. The summed E-state index contributed by atoms with van der Waals surface area (Å²) in [6, 6.07) is 0. The highest BCUT2D eigenvalue weighted by Gasteiger charge is 2.44. The van der Waals surface area contributed by atoms with Crippen LogP contribution < -0.4 is 0 Å². The molecular weight excluding hydrogens is 309 g/mol. The number of ether oxygens (including phenoxy) is 1. The minimum absolute atomic E-state index is 0.137. The van der Waals surface area contributed by atoms with E-state index in [9.17, 15) is 9.82 Å². The topological polar surface area (TPSA) is 59.0 Å². The average Bonchev–Trinajstić information content (AvgIpc) is 2.45. The van der Waals surface area contributed by atoms with Crippen LogP contribution in [0.3, 0.4) is 0 Å². The van der Waals surface area contributed by atoms with E-state index in [2.05, 4.69) is 33.9 Å². The molecular formula is C16H34BNO4Si. The van der Waals surface area contributed by atoms with Crippen LogP contribution in [0.2, 0.25) is 25.0 Å². The van der Waals surface area contributed by atoms with E-state index in [-0.39, 0.29) is 11.0 Å². The maximum absolute atomic E-state index is 12.4. The second-order valence-corrected chi connectivity index (χ2v) is 13.1. The monoisotopic (exact) mass is 343 g/mol. The zero-order chi connectivity index (χ0) is 17.9. The summed E-state index contributed by atoms with van der Waals surface area (Å²) >= 11 is 0. The Morgan fingerprint density at radius 2 is 1.83 bits per heavy atom. The summed E-state index contributed by atoms with van der Waals surface area (Å²) in [6.07, 6.45) is 2.12. The van der Waals surface area contributed by atoms with Crippen molar-refractivity contribution in [2.24, 2.45) is 5.41 Å². The Morgan fingerprint density at radius 3 is 2.22 bits per heavy atom. The molecule has 0 saturated carbocycles. The lowest BCUT2D eigenvalue weighted by molar-refractivity contribution is -0.156. The number of hydrogen-bond acceptors (Lipinski definition) is 5. The van der Waals surface area contributed by atoms with Crippen LogP contribution >= 0.6 is 0 Å². The number of methoxy groups -OCH3 is 1. The Hall–Kier alpha value is -0.368. The van der Waals surface area contributed by atoms with Crippen LogP contribution in [0.4, 0.5) is 0 Å². The minimum Gasteiger partial charge on any atom is -0.469 e. The van der Waals surface area contributed by atoms with Gasteiger partial charge in [0.1, 0.15) is 0 Å². The van der Waals surface area contributed by atoms with Crippen LogP contribution in [0.5, 0.6) is 0 Å². The van der Waals surface area contributed by atoms with Crippen molar-refractivity contribution < 1.29 is 19.0 Å². The third-order valence-electron chi connectivity index (χ3n) is 5.75. The molecule has 0 radical (unpaired) electrons. The Morgan fingerprint density at radius 1 is 1.30 bits per heavy atom. The number of hydrogen-bond donors (Lipinski definition) is 1. The summed E-state index contributed by atoms with van der Waals surface area (Å²) in [5.74, 6) is -0.137. The quantitative estimate of drug-likeness (QED) is 0.594. The molecule has 1 saturated heterocycles. The van der Waals surface area contributed by atoms with Gasteiger partial charge in [-0.2, -0.15) is 0 Å². The van der Waals surface area contributed by atoms with Crippen molar-refractivity contribution in [3.8, 4) is 0 Å². The highest BCUT2D eigenvalue weighted by Crippen LogP contribution is 2.39. The number of nitrogens with zero attached hydrogens (tertiary/aromatic N) is 1. The second kappa shape index (κ2) is 7.68. The lowest BCUT2D eigenvalue weighted by atomic mass is 9.72. The predicted molar refractivity (Wildman–Crippen MR) is 96.9 cm³/mol. The van der Waals surface area contributed by atoms with Crippen molar-refractivity contribution in [1.29, 1.82) is 0 Å². The molecule has 0 atom stereocenters. The van der Waals surface area contributed by atoms with E-state index >= 15 is 0 Å². The molecule has 1 fully saturated rings. The molecule has 0 unspecified atom stereocenters. The molecule has 0 aromatic heterocycles. The smallest absolute Gasteiger partial charge is 0.376 e. The maximum atomic E-state index is 12.4. The van der Waals surface area contributed by atoms with Crippen LogP contribution in [0.15, 0.2) is 0 Å². The van der Waals surface area contributed by atoms with Gasteiger partial charge in [0.05, 0.1) is 12.5 Å². The summed E-state index contributed by atoms with van der Waals surface area (Å²) in [4.78, 5) is 14.4. The van der Waals surface area contributed by atoms with Gasteiger partial charge in [-0.1, -0.05) is 20.8 Å². The Kier molecular flexibility index (Phi) is 6.90. The molecule has 134 valence electrons. The molecule has 1 N–H and O–H groups in total. The molecule has 0 bridgehead atoms. The van der Waals surface area contributed by atoms with Gasteiger partial charge in [-0.05, 0) is 57.3 Å². The van der Waals surface area contributed by atoms with Crippen LogP contribution in [-0.2, 0) is 14.0 Å². The Labute approximate surface area is 143 Å². The molecule has 7 heteroatoms.